The maximum absolute atomic E-state index is 11.7. The molecule has 5 nitrogen and oxygen atoms in total. The van der Waals surface area contributed by atoms with Crippen LogP contribution in [0.4, 0.5) is 5.82 Å². The maximum Gasteiger partial charge on any atom is 0.224 e. The van der Waals surface area contributed by atoms with E-state index in [-0.39, 0.29) is 5.91 Å². The van der Waals surface area contributed by atoms with Crippen molar-refractivity contribution in [3.05, 3.63) is 53.2 Å². The van der Waals surface area contributed by atoms with Crippen molar-refractivity contribution in [3.8, 4) is 5.75 Å². The number of ether oxygens (including phenoxy) is 1. The molecule has 0 atom stereocenters. The molecule has 1 aromatic carbocycles. The molecule has 1 amide bonds. The largest absolute Gasteiger partial charge is 0.487 e. The van der Waals surface area contributed by atoms with Gasteiger partial charge in [-0.15, -0.1) is 0 Å². The van der Waals surface area contributed by atoms with Crippen molar-refractivity contribution in [3.63, 3.8) is 0 Å². The molecule has 0 saturated carbocycles. The third-order valence-electron chi connectivity index (χ3n) is 3.88. The first-order chi connectivity index (χ1) is 11.1. The van der Waals surface area contributed by atoms with Crippen molar-refractivity contribution in [2.45, 2.75) is 19.4 Å². The summed E-state index contributed by atoms with van der Waals surface area (Å²) in [6.07, 6.45) is 1.29. The Bertz CT molecular complexity index is 713. The van der Waals surface area contributed by atoms with Gasteiger partial charge < -0.3 is 15.0 Å². The van der Waals surface area contributed by atoms with Gasteiger partial charge in [0.15, 0.2) is 0 Å². The fourth-order valence-electron chi connectivity index (χ4n) is 2.63. The standard InChI is InChI=1S/C18H21N3O2/c1-21(2)17-5-3-4-15(20-17)12-23-16-7-6-13-8-9-19-18(22)11-14(13)10-16/h3-7,10H,8-9,11-12H2,1-2H3,(H,19,22). The number of fused-ring (bicyclic) bond motifs is 1. The lowest BCUT2D eigenvalue weighted by molar-refractivity contribution is -0.120. The second kappa shape index (κ2) is 6.69. The normalized spacial score (nSPS) is 13.7. The Morgan fingerprint density at radius 3 is 2.91 bits per heavy atom. The molecule has 2 aromatic rings. The molecule has 2 heterocycles. The number of carbonyl (C=O) groups excluding carboxylic acids is 1. The van der Waals surface area contributed by atoms with Gasteiger partial charge in [0.2, 0.25) is 5.91 Å². The van der Waals surface area contributed by atoms with Gasteiger partial charge in [-0.1, -0.05) is 12.1 Å². The number of nitrogens with one attached hydrogen (secondary N) is 1. The Balaban J connectivity index is 1.71. The summed E-state index contributed by atoms with van der Waals surface area (Å²) >= 11 is 0. The van der Waals surface area contributed by atoms with Crippen molar-refractivity contribution in [2.24, 2.45) is 0 Å². The number of rotatable bonds is 4. The van der Waals surface area contributed by atoms with Crippen LogP contribution in [0, 0.1) is 0 Å². The highest BCUT2D eigenvalue weighted by atomic mass is 16.5. The highest BCUT2D eigenvalue weighted by Crippen LogP contribution is 2.21. The van der Waals surface area contributed by atoms with E-state index in [4.69, 9.17) is 4.74 Å². The average molecular weight is 311 g/mol. The average Bonchev–Trinajstić information content (AvgIpc) is 2.73. The lowest BCUT2D eigenvalue weighted by Crippen LogP contribution is -2.24. The van der Waals surface area contributed by atoms with E-state index in [1.807, 2.05) is 49.3 Å². The number of carbonyl (C=O) groups is 1. The number of pyridine rings is 1. The van der Waals surface area contributed by atoms with Gasteiger partial charge in [-0.25, -0.2) is 4.98 Å². The number of hydrogen-bond donors (Lipinski definition) is 1. The Morgan fingerprint density at radius 2 is 2.09 bits per heavy atom. The van der Waals surface area contributed by atoms with Gasteiger partial charge in [0, 0.05) is 20.6 Å². The molecule has 0 bridgehead atoms. The van der Waals surface area contributed by atoms with E-state index in [0.717, 1.165) is 29.2 Å². The van der Waals surface area contributed by atoms with Crippen LogP contribution in [0.25, 0.3) is 0 Å². The molecule has 23 heavy (non-hydrogen) atoms. The molecular formula is C18H21N3O2. The number of aromatic nitrogens is 1. The summed E-state index contributed by atoms with van der Waals surface area (Å²) in [5.41, 5.74) is 3.14. The zero-order valence-corrected chi connectivity index (χ0v) is 13.5. The Labute approximate surface area is 136 Å². The van der Waals surface area contributed by atoms with Crippen LogP contribution in [0.3, 0.4) is 0 Å². The van der Waals surface area contributed by atoms with Crippen LogP contribution in [-0.4, -0.2) is 31.5 Å². The second-order valence-corrected chi connectivity index (χ2v) is 5.88. The van der Waals surface area contributed by atoms with Crippen LogP contribution in [0.5, 0.6) is 5.75 Å². The summed E-state index contributed by atoms with van der Waals surface area (Å²) in [4.78, 5) is 18.2. The SMILES string of the molecule is CN(C)c1cccc(COc2ccc3c(c2)CC(=O)NCC3)n1. The Kier molecular flexibility index (Phi) is 4.46. The molecular weight excluding hydrogens is 290 g/mol. The lowest BCUT2D eigenvalue weighted by atomic mass is 10.0. The van der Waals surface area contributed by atoms with E-state index in [1.165, 1.54) is 5.56 Å². The molecule has 0 unspecified atom stereocenters. The predicted molar refractivity (Wildman–Crippen MR) is 89.8 cm³/mol. The maximum atomic E-state index is 11.7. The molecule has 120 valence electrons. The van der Waals surface area contributed by atoms with Gasteiger partial charge in [0.25, 0.3) is 0 Å². The summed E-state index contributed by atoms with van der Waals surface area (Å²) in [5, 5.41) is 2.89. The molecule has 1 N–H and O–H groups in total. The molecule has 3 rings (SSSR count). The van der Waals surface area contributed by atoms with Crippen molar-refractivity contribution >= 4 is 11.7 Å². The van der Waals surface area contributed by atoms with E-state index in [9.17, 15) is 4.79 Å². The van der Waals surface area contributed by atoms with E-state index < -0.39 is 0 Å². The molecule has 1 aliphatic heterocycles. The van der Waals surface area contributed by atoms with Crippen LogP contribution in [0.15, 0.2) is 36.4 Å². The van der Waals surface area contributed by atoms with Crippen LogP contribution >= 0.6 is 0 Å². The van der Waals surface area contributed by atoms with Gasteiger partial charge >= 0.3 is 0 Å². The lowest BCUT2D eigenvalue weighted by Gasteiger charge is -2.13. The zero-order valence-electron chi connectivity index (χ0n) is 13.5. The summed E-state index contributed by atoms with van der Waals surface area (Å²) in [6.45, 7) is 1.11. The zero-order chi connectivity index (χ0) is 16.2. The van der Waals surface area contributed by atoms with Gasteiger partial charge in [0.1, 0.15) is 18.2 Å². The van der Waals surface area contributed by atoms with Crippen LogP contribution in [0.2, 0.25) is 0 Å². The van der Waals surface area contributed by atoms with E-state index in [0.29, 0.717) is 19.6 Å². The quantitative estimate of drug-likeness (QED) is 0.937. The van der Waals surface area contributed by atoms with Crippen LogP contribution in [0.1, 0.15) is 16.8 Å². The number of amides is 1. The van der Waals surface area contributed by atoms with Gasteiger partial charge in [-0.05, 0) is 41.8 Å². The number of nitrogens with zero attached hydrogens (tertiary/aromatic N) is 2. The monoisotopic (exact) mass is 311 g/mol. The van der Waals surface area contributed by atoms with E-state index in [1.54, 1.807) is 0 Å². The van der Waals surface area contributed by atoms with E-state index in [2.05, 4.69) is 16.4 Å². The molecule has 0 aliphatic carbocycles. The number of hydrogen-bond acceptors (Lipinski definition) is 4. The molecule has 1 aromatic heterocycles. The summed E-state index contributed by atoms with van der Waals surface area (Å²) < 4.78 is 5.86. The molecule has 0 spiro atoms. The first-order valence-corrected chi connectivity index (χ1v) is 7.76. The second-order valence-electron chi connectivity index (χ2n) is 5.88. The van der Waals surface area contributed by atoms with E-state index >= 15 is 0 Å². The minimum Gasteiger partial charge on any atom is -0.487 e. The molecule has 1 aliphatic rings. The number of benzene rings is 1. The summed E-state index contributed by atoms with van der Waals surface area (Å²) in [7, 11) is 3.93. The summed E-state index contributed by atoms with van der Waals surface area (Å²) in [6, 6.07) is 11.9. The fraction of sp³-hybridized carbons (Fsp3) is 0.333. The van der Waals surface area contributed by atoms with Gasteiger partial charge in [0.05, 0.1) is 12.1 Å². The predicted octanol–water partition coefficient (Wildman–Crippen LogP) is 1.94. The Hall–Kier alpha value is -2.56. The minimum absolute atomic E-state index is 0.0706. The molecule has 0 fully saturated rings. The molecule has 5 heteroatoms. The first-order valence-electron chi connectivity index (χ1n) is 7.76. The Morgan fingerprint density at radius 1 is 1.22 bits per heavy atom. The first kappa shape index (κ1) is 15.3. The third kappa shape index (κ3) is 3.80. The number of anilines is 1. The van der Waals surface area contributed by atoms with Gasteiger partial charge in [-0.2, -0.15) is 0 Å². The highest BCUT2D eigenvalue weighted by Gasteiger charge is 2.13. The summed E-state index contributed by atoms with van der Waals surface area (Å²) in [5.74, 6) is 1.75. The third-order valence-corrected chi connectivity index (χ3v) is 3.88. The van der Waals surface area contributed by atoms with Crippen molar-refractivity contribution in [1.82, 2.24) is 10.3 Å². The smallest absolute Gasteiger partial charge is 0.224 e. The van der Waals surface area contributed by atoms with Crippen LogP contribution < -0.4 is 15.0 Å². The molecule has 0 radical (unpaired) electrons. The van der Waals surface area contributed by atoms with Crippen LogP contribution in [-0.2, 0) is 24.2 Å². The van der Waals surface area contributed by atoms with Gasteiger partial charge in [-0.3, -0.25) is 4.79 Å². The molecule has 0 saturated heterocycles. The highest BCUT2D eigenvalue weighted by molar-refractivity contribution is 5.79. The van der Waals surface area contributed by atoms with Crippen molar-refractivity contribution in [2.75, 3.05) is 25.5 Å². The fourth-order valence-corrected chi connectivity index (χ4v) is 2.63. The topological polar surface area (TPSA) is 54.5 Å². The van der Waals surface area contributed by atoms with Crippen molar-refractivity contribution < 1.29 is 9.53 Å². The van der Waals surface area contributed by atoms with Crippen molar-refractivity contribution in [1.29, 1.82) is 0 Å². The minimum atomic E-state index is 0.0706.